The van der Waals surface area contributed by atoms with Crippen LogP contribution in [0.1, 0.15) is 12.5 Å². The number of esters is 1. The molecular weight excluding hydrogens is 374 g/mol. The summed E-state index contributed by atoms with van der Waals surface area (Å²) < 4.78 is 11.1. The van der Waals surface area contributed by atoms with Crippen molar-refractivity contribution < 1.29 is 19.1 Å². The van der Waals surface area contributed by atoms with E-state index < -0.39 is 5.97 Å². The highest BCUT2D eigenvalue weighted by Crippen LogP contribution is 2.18. The summed E-state index contributed by atoms with van der Waals surface area (Å²) in [5.74, 6) is -0.0634. The summed E-state index contributed by atoms with van der Waals surface area (Å²) in [6.07, 6.45) is 0.279. The number of anilines is 1. The van der Waals surface area contributed by atoms with E-state index in [4.69, 9.17) is 9.47 Å². The molecule has 1 amide bonds. The fourth-order valence-corrected chi connectivity index (χ4v) is 2.27. The number of ether oxygens (including phenoxy) is 2. The first-order valence-electron chi connectivity index (χ1n) is 7.49. The van der Waals surface area contributed by atoms with Crippen molar-refractivity contribution in [3.8, 4) is 5.75 Å². The van der Waals surface area contributed by atoms with Crippen molar-refractivity contribution in [1.82, 2.24) is 0 Å². The molecule has 1 N–H and O–H groups in total. The predicted molar refractivity (Wildman–Crippen MR) is 95.0 cm³/mol. The molecule has 0 unspecified atom stereocenters. The molecule has 0 saturated heterocycles. The smallest absolute Gasteiger partial charge is 0.344 e. The lowest BCUT2D eigenvalue weighted by atomic mass is 10.1. The van der Waals surface area contributed by atoms with Gasteiger partial charge in [0.25, 0.3) is 0 Å². The number of carbonyl (C=O) groups is 2. The zero-order chi connectivity index (χ0) is 17.4. The van der Waals surface area contributed by atoms with Crippen LogP contribution in [-0.2, 0) is 20.7 Å². The minimum absolute atomic E-state index is 0.125. The van der Waals surface area contributed by atoms with Gasteiger partial charge in [0.05, 0.1) is 13.0 Å². The maximum atomic E-state index is 12.1. The van der Waals surface area contributed by atoms with E-state index in [-0.39, 0.29) is 18.9 Å². The van der Waals surface area contributed by atoms with Crippen LogP contribution in [0.25, 0.3) is 0 Å². The molecule has 5 nitrogen and oxygen atoms in total. The second-order valence-electron chi connectivity index (χ2n) is 4.97. The molecule has 0 aliphatic rings. The average Bonchev–Trinajstić information content (AvgIpc) is 2.56. The Morgan fingerprint density at radius 1 is 1.12 bits per heavy atom. The lowest BCUT2D eigenvalue weighted by molar-refractivity contribution is -0.145. The van der Waals surface area contributed by atoms with E-state index in [0.717, 1.165) is 10.0 Å². The molecule has 0 atom stereocenters. The summed E-state index contributed by atoms with van der Waals surface area (Å²) in [5.41, 5.74) is 1.53. The summed E-state index contributed by atoms with van der Waals surface area (Å²) in [6.45, 7) is 1.89. The first-order chi connectivity index (χ1) is 11.6. The Labute approximate surface area is 149 Å². The van der Waals surface area contributed by atoms with E-state index in [1.54, 1.807) is 31.2 Å². The fourth-order valence-electron chi connectivity index (χ4n) is 2.00. The zero-order valence-electron chi connectivity index (χ0n) is 13.3. The van der Waals surface area contributed by atoms with Crippen molar-refractivity contribution in [2.24, 2.45) is 0 Å². The molecule has 2 aromatic rings. The Bertz CT molecular complexity index is 700. The number of amides is 1. The van der Waals surface area contributed by atoms with E-state index >= 15 is 0 Å². The van der Waals surface area contributed by atoms with E-state index in [1.165, 1.54) is 0 Å². The predicted octanol–water partition coefficient (Wildman–Crippen LogP) is 3.57. The van der Waals surface area contributed by atoms with Gasteiger partial charge in [-0.3, -0.25) is 4.79 Å². The van der Waals surface area contributed by atoms with E-state index in [9.17, 15) is 9.59 Å². The maximum absolute atomic E-state index is 12.1. The van der Waals surface area contributed by atoms with Crippen LogP contribution in [0.15, 0.2) is 53.0 Å². The van der Waals surface area contributed by atoms with Gasteiger partial charge >= 0.3 is 5.97 Å². The number of nitrogens with one attached hydrogen (secondary N) is 1. The van der Waals surface area contributed by atoms with Gasteiger partial charge in [-0.1, -0.05) is 34.1 Å². The number of hydrogen-bond acceptors (Lipinski definition) is 4. The molecule has 6 heteroatoms. The molecule has 126 valence electrons. The van der Waals surface area contributed by atoms with Crippen molar-refractivity contribution in [3.63, 3.8) is 0 Å². The highest BCUT2D eigenvalue weighted by atomic mass is 79.9. The Morgan fingerprint density at radius 2 is 1.88 bits per heavy atom. The minimum Gasteiger partial charge on any atom is -0.482 e. The number of halogens is 1. The standard InChI is InChI=1S/C18H18BrNO4/c1-2-23-18(22)12-24-16-5-3-4-15(11-16)20-17(21)10-13-6-8-14(19)9-7-13/h3-9,11H,2,10,12H2,1H3,(H,20,21). The van der Waals surface area contributed by atoms with Gasteiger partial charge in [0.1, 0.15) is 5.75 Å². The molecule has 0 fully saturated rings. The summed E-state index contributed by atoms with van der Waals surface area (Å²) in [5, 5.41) is 2.81. The normalized spacial score (nSPS) is 10.1. The largest absolute Gasteiger partial charge is 0.482 e. The molecule has 2 aromatic carbocycles. The van der Waals surface area contributed by atoms with Gasteiger partial charge in [0.15, 0.2) is 6.61 Å². The first kappa shape index (κ1) is 18.0. The lowest BCUT2D eigenvalue weighted by Crippen LogP contribution is -2.15. The maximum Gasteiger partial charge on any atom is 0.344 e. The molecule has 0 aromatic heterocycles. The molecule has 2 rings (SSSR count). The molecule has 0 bridgehead atoms. The van der Waals surface area contributed by atoms with Crippen LogP contribution in [0.5, 0.6) is 5.75 Å². The summed E-state index contributed by atoms with van der Waals surface area (Å²) in [6, 6.07) is 14.5. The van der Waals surface area contributed by atoms with Crippen LogP contribution in [0, 0.1) is 0 Å². The van der Waals surface area contributed by atoms with Gasteiger partial charge in [0.2, 0.25) is 5.91 Å². The van der Waals surface area contributed by atoms with Gasteiger partial charge in [-0.15, -0.1) is 0 Å². The second kappa shape index (κ2) is 9.08. The zero-order valence-corrected chi connectivity index (χ0v) is 14.8. The van der Waals surface area contributed by atoms with Crippen LogP contribution < -0.4 is 10.1 Å². The van der Waals surface area contributed by atoms with E-state index in [2.05, 4.69) is 21.2 Å². The molecule has 24 heavy (non-hydrogen) atoms. The van der Waals surface area contributed by atoms with Gasteiger partial charge in [0, 0.05) is 16.2 Å². The monoisotopic (exact) mass is 391 g/mol. The van der Waals surface area contributed by atoms with Crippen molar-refractivity contribution in [2.45, 2.75) is 13.3 Å². The van der Waals surface area contributed by atoms with Crippen LogP contribution in [0.3, 0.4) is 0 Å². The Kier molecular flexibility index (Phi) is 6.81. The number of rotatable bonds is 7. The van der Waals surface area contributed by atoms with Gasteiger partial charge in [-0.05, 0) is 36.8 Å². The molecule has 0 saturated carbocycles. The second-order valence-corrected chi connectivity index (χ2v) is 5.89. The van der Waals surface area contributed by atoms with Crippen LogP contribution in [-0.4, -0.2) is 25.1 Å². The van der Waals surface area contributed by atoms with Gasteiger partial charge in [-0.2, -0.15) is 0 Å². The molecule has 0 aliphatic carbocycles. The van der Waals surface area contributed by atoms with Crippen molar-refractivity contribution in [3.05, 3.63) is 58.6 Å². The molecular formula is C18H18BrNO4. The lowest BCUT2D eigenvalue weighted by Gasteiger charge is -2.09. The van der Waals surface area contributed by atoms with Crippen molar-refractivity contribution in [1.29, 1.82) is 0 Å². The van der Waals surface area contributed by atoms with Crippen molar-refractivity contribution in [2.75, 3.05) is 18.5 Å². The average molecular weight is 392 g/mol. The SMILES string of the molecule is CCOC(=O)COc1cccc(NC(=O)Cc2ccc(Br)cc2)c1. The number of benzene rings is 2. The summed E-state index contributed by atoms with van der Waals surface area (Å²) in [4.78, 5) is 23.4. The van der Waals surface area contributed by atoms with Gasteiger partial charge in [-0.25, -0.2) is 4.79 Å². The third kappa shape index (κ3) is 6.04. The van der Waals surface area contributed by atoms with Crippen LogP contribution >= 0.6 is 15.9 Å². The van der Waals surface area contributed by atoms with Crippen LogP contribution in [0.2, 0.25) is 0 Å². The summed E-state index contributed by atoms with van der Waals surface area (Å²) >= 11 is 3.36. The number of hydrogen-bond donors (Lipinski definition) is 1. The highest BCUT2D eigenvalue weighted by Gasteiger charge is 2.07. The van der Waals surface area contributed by atoms with Gasteiger partial charge < -0.3 is 14.8 Å². The quantitative estimate of drug-likeness (QED) is 0.732. The molecule has 0 spiro atoms. The topological polar surface area (TPSA) is 64.6 Å². The van der Waals surface area contributed by atoms with Crippen molar-refractivity contribution >= 4 is 33.5 Å². The molecule has 0 aliphatic heterocycles. The molecule has 0 heterocycles. The Balaban J connectivity index is 1.89. The fraction of sp³-hybridized carbons (Fsp3) is 0.222. The summed E-state index contributed by atoms with van der Waals surface area (Å²) in [7, 11) is 0. The Morgan fingerprint density at radius 3 is 2.58 bits per heavy atom. The first-order valence-corrected chi connectivity index (χ1v) is 8.29. The molecule has 0 radical (unpaired) electrons. The third-order valence-corrected chi connectivity index (χ3v) is 3.59. The minimum atomic E-state index is -0.429. The van der Waals surface area contributed by atoms with E-state index in [1.807, 2.05) is 24.3 Å². The Hall–Kier alpha value is -2.34. The third-order valence-electron chi connectivity index (χ3n) is 3.06. The number of carbonyl (C=O) groups excluding carboxylic acids is 2. The highest BCUT2D eigenvalue weighted by molar-refractivity contribution is 9.10. The van der Waals surface area contributed by atoms with E-state index in [0.29, 0.717) is 18.0 Å². The van der Waals surface area contributed by atoms with Crippen LogP contribution in [0.4, 0.5) is 5.69 Å².